The van der Waals surface area contributed by atoms with Gasteiger partial charge in [-0.25, -0.2) is 9.37 Å². The fraction of sp³-hybridized carbons (Fsp3) is 0.240. The lowest BCUT2D eigenvalue weighted by atomic mass is 10.1. The number of aryl methyl sites for hydroxylation is 1. The van der Waals surface area contributed by atoms with Crippen LogP contribution in [0, 0.1) is 5.82 Å². The zero-order chi connectivity index (χ0) is 23.2. The normalized spacial score (nSPS) is 11.1. The molecule has 4 rings (SSSR count). The Bertz CT molecular complexity index is 1290. The molecule has 6 nitrogen and oxygen atoms in total. The molecule has 170 valence electrons. The van der Waals surface area contributed by atoms with E-state index in [2.05, 4.69) is 0 Å². The fourth-order valence-electron chi connectivity index (χ4n) is 3.78. The maximum absolute atomic E-state index is 13.2. The van der Waals surface area contributed by atoms with Gasteiger partial charge in [0.2, 0.25) is 0 Å². The molecule has 0 saturated carbocycles. The summed E-state index contributed by atoms with van der Waals surface area (Å²) in [6.45, 7) is 1.61. The zero-order valence-corrected chi connectivity index (χ0v) is 18.9. The highest BCUT2D eigenvalue weighted by molar-refractivity contribution is 7.16. The first-order valence-electron chi connectivity index (χ1n) is 10.8. The highest BCUT2D eigenvalue weighted by atomic mass is 32.1. The molecular formula is C25H25FN4O2S. The number of nitrogens with zero attached hydrogens (tertiary/aromatic N) is 3. The Kier molecular flexibility index (Phi) is 7.26. The zero-order valence-electron chi connectivity index (χ0n) is 18.1. The van der Waals surface area contributed by atoms with Crippen molar-refractivity contribution in [3.8, 4) is 0 Å². The Hall–Kier alpha value is -3.36. The first-order valence-corrected chi connectivity index (χ1v) is 11.7. The largest absolute Gasteiger partial charge is 0.337 e. The van der Waals surface area contributed by atoms with Gasteiger partial charge in [0.25, 0.3) is 11.5 Å². The molecule has 0 spiro atoms. The minimum Gasteiger partial charge on any atom is -0.337 e. The van der Waals surface area contributed by atoms with Gasteiger partial charge in [-0.2, -0.15) is 0 Å². The van der Waals surface area contributed by atoms with E-state index < -0.39 is 0 Å². The molecule has 2 N–H and O–H groups in total. The van der Waals surface area contributed by atoms with E-state index in [4.69, 9.17) is 10.7 Å². The maximum atomic E-state index is 13.2. The summed E-state index contributed by atoms with van der Waals surface area (Å²) >= 11 is 1.45. The van der Waals surface area contributed by atoms with Gasteiger partial charge in [0, 0.05) is 31.6 Å². The molecule has 1 amide bonds. The van der Waals surface area contributed by atoms with E-state index in [-0.39, 0.29) is 17.3 Å². The summed E-state index contributed by atoms with van der Waals surface area (Å²) in [4.78, 5) is 33.2. The van der Waals surface area contributed by atoms with Gasteiger partial charge in [0.05, 0.1) is 11.9 Å². The summed E-state index contributed by atoms with van der Waals surface area (Å²) in [6, 6.07) is 17.1. The van der Waals surface area contributed by atoms with Crippen LogP contribution in [0.3, 0.4) is 0 Å². The molecule has 0 saturated heterocycles. The van der Waals surface area contributed by atoms with E-state index in [1.54, 1.807) is 9.47 Å². The number of hydrogen-bond donors (Lipinski definition) is 1. The second-order valence-corrected chi connectivity index (χ2v) is 8.63. The molecule has 2 aromatic heterocycles. The van der Waals surface area contributed by atoms with Crippen molar-refractivity contribution in [3.63, 3.8) is 0 Å². The number of amides is 1. The minimum absolute atomic E-state index is 0.0543. The Labute approximate surface area is 195 Å². The Balaban J connectivity index is 1.54. The highest BCUT2D eigenvalue weighted by Crippen LogP contribution is 2.17. The van der Waals surface area contributed by atoms with Crippen LogP contribution in [0.25, 0.3) is 10.2 Å². The van der Waals surface area contributed by atoms with E-state index in [0.717, 1.165) is 10.4 Å². The smallest absolute Gasteiger partial charge is 0.262 e. The standard InChI is InChI=1S/C25H25FN4O2S/c26-20-10-8-19(9-11-20)24(31)29(15-13-27)14-4-7-22-28-23-21(12-16-33-23)25(32)30(22)17-18-5-2-1-3-6-18/h1-3,5-6,8-12,16H,4,7,13-15,17,27H2. The van der Waals surface area contributed by atoms with Gasteiger partial charge < -0.3 is 10.6 Å². The molecule has 2 aromatic carbocycles. The lowest BCUT2D eigenvalue weighted by molar-refractivity contribution is 0.0758. The lowest BCUT2D eigenvalue weighted by Crippen LogP contribution is -2.36. The predicted octanol–water partition coefficient (Wildman–Crippen LogP) is 3.68. The molecule has 0 aliphatic rings. The average molecular weight is 465 g/mol. The Morgan fingerprint density at radius 3 is 2.55 bits per heavy atom. The molecular weight excluding hydrogens is 439 g/mol. The number of aromatic nitrogens is 2. The molecule has 2 heterocycles. The Morgan fingerprint density at radius 1 is 1.06 bits per heavy atom. The SMILES string of the molecule is NCCN(CCCc1nc2sccc2c(=O)n1Cc1ccccc1)C(=O)c1ccc(F)cc1. The van der Waals surface area contributed by atoms with E-state index in [0.29, 0.717) is 55.8 Å². The predicted molar refractivity (Wildman–Crippen MR) is 129 cm³/mol. The van der Waals surface area contributed by atoms with Crippen molar-refractivity contribution >= 4 is 27.5 Å². The van der Waals surface area contributed by atoms with Crippen LogP contribution in [0.2, 0.25) is 0 Å². The van der Waals surface area contributed by atoms with E-state index >= 15 is 0 Å². The van der Waals surface area contributed by atoms with Crippen LogP contribution in [-0.4, -0.2) is 40.0 Å². The first-order chi connectivity index (χ1) is 16.1. The Morgan fingerprint density at radius 2 is 1.82 bits per heavy atom. The number of nitrogens with two attached hydrogens (primary N) is 1. The van der Waals surface area contributed by atoms with E-state index in [1.165, 1.54) is 35.6 Å². The van der Waals surface area contributed by atoms with Gasteiger partial charge in [-0.15, -0.1) is 11.3 Å². The van der Waals surface area contributed by atoms with Gasteiger partial charge in [-0.3, -0.25) is 14.2 Å². The van der Waals surface area contributed by atoms with Gasteiger partial charge in [0.1, 0.15) is 16.5 Å². The third-order valence-electron chi connectivity index (χ3n) is 5.45. The van der Waals surface area contributed by atoms with Crippen molar-refractivity contribution in [1.29, 1.82) is 0 Å². The van der Waals surface area contributed by atoms with E-state index in [1.807, 2.05) is 41.8 Å². The number of halogens is 1. The quantitative estimate of drug-likeness (QED) is 0.410. The van der Waals surface area contributed by atoms with Crippen LogP contribution < -0.4 is 11.3 Å². The van der Waals surface area contributed by atoms with Crippen LogP contribution in [0.15, 0.2) is 70.8 Å². The highest BCUT2D eigenvalue weighted by Gasteiger charge is 2.17. The summed E-state index contributed by atoms with van der Waals surface area (Å²) in [5.41, 5.74) is 7.11. The molecule has 0 radical (unpaired) electrons. The fourth-order valence-corrected chi connectivity index (χ4v) is 4.56. The molecule has 0 atom stereocenters. The molecule has 0 aliphatic carbocycles. The van der Waals surface area contributed by atoms with Gasteiger partial charge in [-0.05, 0) is 47.7 Å². The topological polar surface area (TPSA) is 81.2 Å². The van der Waals surface area contributed by atoms with Crippen molar-refractivity contribution in [2.75, 3.05) is 19.6 Å². The van der Waals surface area contributed by atoms with Gasteiger partial charge >= 0.3 is 0 Å². The number of rotatable bonds is 9. The lowest BCUT2D eigenvalue weighted by Gasteiger charge is -2.22. The average Bonchev–Trinajstić information content (AvgIpc) is 3.30. The second-order valence-electron chi connectivity index (χ2n) is 7.74. The van der Waals surface area contributed by atoms with Crippen LogP contribution in [0.4, 0.5) is 4.39 Å². The summed E-state index contributed by atoms with van der Waals surface area (Å²) in [5, 5.41) is 2.50. The summed E-state index contributed by atoms with van der Waals surface area (Å²) in [5.74, 6) is 0.118. The van der Waals surface area contributed by atoms with Crippen molar-refractivity contribution in [3.05, 3.63) is 99.2 Å². The second kappa shape index (κ2) is 10.5. The number of carbonyl (C=O) groups excluding carboxylic acids is 1. The molecule has 0 bridgehead atoms. The minimum atomic E-state index is -0.386. The molecule has 0 fully saturated rings. The van der Waals surface area contributed by atoms with E-state index in [9.17, 15) is 14.0 Å². The molecule has 4 aromatic rings. The number of carbonyl (C=O) groups is 1. The molecule has 8 heteroatoms. The number of hydrogen-bond acceptors (Lipinski definition) is 5. The van der Waals surface area contributed by atoms with Crippen molar-refractivity contribution < 1.29 is 9.18 Å². The number of benzene rings is 2. The van der Waals surface area contributed by atoms with Gasteiger partial charge in [-0.1, -0.05) is 30.3 Å². The first kappa shape index (κ1) is 22.8. The van der Waals surface area contributed by atoms with Crippen molar-refractivity contribution in [2.45, 2.75) is 19.4 Å². The van der Waals surface area contributed by atoms with Crippen LogP contribution >= 0.6 is 11.3 Å². The molecule has 0 unspecified atom stereocenters. The van der Waals surface area contributed by atoms with Crippen molar-refractivity contribution in [1.82, 2.24) is 14.5 Å². The maximum Gasteiger partial charge on any atom is 0.262 e. The van der Waals surface area contributed by atoms with Gasteiger partial charge in [0.15, 0.2) is 0 Å². The number of thiophene rings is 1. The summed E-state index contributed by atoms with van der Waals surface area (Å²) in [7, 11) is 0. The van der Waals surface area contributed by atoms with Crippen molar-refractivity contribution in [2.24, 2.45) is 5.73 Å². The summed E-state index contributed by atoms with van der Waals surface area (Å²) < 4.78 is 14.9. The molecule has 0 aliphatic heterocycles. The summed E-state index contributed by atoms with van der Waals surface area (Å²) in [6.07, 6.45) is 1.15. The third kappa shape index (κ3) is 5.35. The number of fused-ring (bicyclic) bond motifs is 1. The molecule has 33 heavy (non-hydrogen) atoms. The monoisotopic (exact) mass is 464 g/mol. The van der Waals surface area contributed by atoms with Crippen LogP contribution in [0.1, 0.15) is 28.2 Å². The van der Waals surface area contributed by atoms with Crippen LogP contribution in [0.5, 0.6) is 0 Å². The van der Waals surface area contributed by atoms with Crippen LogP contribution in [-0.2, 0) is 13.0 Å². The third-order valence-corrected chi connectivity index (χ3v) is 6.26.